The molecule has 38 heavy (non-hydrogen) atoms. The van der Waals surface area contributed by atoms with Gasteiger partial charge in [-0.1, -0.05) is 74.2 Å². The van der Waals surface area contributed by atoms with Gasteiger partial charge in [0.05, 0.1) is 18.4 Å². The fourth-order valence-corrected chi connectivity index (χ4v) is 7.24. The number of benzene rings is 2. The molecule has 0 bridgehead atoms. The van der Waals surface area contributed by atoms with E-state index >= 15 is 0 Å². The van der Waals surface area contributed by atoms with E-state index in [4.69, 9.17) is 4.74 Å². The van der Waals surface area contributed by atoms with Crippen molar-refractivity contribution in [3.8, 4) is 0 Å². The first-order chi connectivity index (χ1) is 18.6. The minimum Gasteiger partial charge on any atom is -0.512 e. The van der Waals surface area contributed by atoms with E-state index in [-0.39, 0.29) is 18.4 Å². The Morgan fingerprint density at radius 1 is 0.947 bits per heavy atom. The Bertz CT molecular complexity index is 1050. The van der Waals surface area contributed by atoms with Gasteiger partial charge in [-0.25, -0.2) is 0 Å². The Morgan fingerprint density at radius 2 is 1.66 bits per heavy atom. The van der Waals surface area contributed by atoms with Crippen LogP contribution in [0, 0.1) is 29.6 Å². The molecule has 0 unspecified atom stereocenters. The van der Waals surface area contributed by atoms with Crippen molar-refractivity contribution in [2.75, 3.05) is 18.1 Å². The van der Waals surface area contributed by atoms with Crippen LogP contribution < -0.4 is 4.90 Å². The molecule has 0 saturated heterocycles. The average molecular weight is 518 g/mol. The zero-order chi connectivity index (χ0) is 26.3. The van der Waals surface area contributed by atoms with E-state index in [0.717, 1.165) is 43.4 Å². The van der Waals surface area contributed by atoms with Crippen molar-refractivity contribution in [2.45, 2.75) is 70.4 Å². The van der Waals surface area contributed by atoms with Crippen molar-refractivity contribution in [1.29, 1.82) is 0 Å². The zero-order valence-electron chi connectivity index (χ0n) is 22.5. The predicted molar refractivity (Wildman–Crippen MR) is 151 cm³/mol. The third-order valence-corrected chi connectivity index (χ3v) is 9.19. The van der Waals surface area contributed by atoms with Crippen molar-refractivity contribution >= 4 is 11.6 Å². The van der Waals surface area contributed by atoms with Gasteiger partial charge in [-0.2, -0.15) is 0 Å². The van der Waals surface area contributed by atoms with Crippen LogP contribution in [-0.4, -0.2) is 35.4 Å². The van der Waals surface area contributed by atoms with Gasteiger partial charge in [0.25, 0.3) is 5.91 Å². The Kier molecular flexibility index (Phi) is 9.18. The van der Waals surface area contributed by atoms with Gasteiger partial charge in [0.15, 0.2) is 0 Å². The quantitative estimate of drug-likeness (QED) is 0.258. The molecule has 3 fully saturated rings. The number of carbonyl (C=O) groups excluding carboxylic acids is 1. The lowest BCUT2D eigenvalue weighted by Crippen LogP contribution is -2.33. The molecule has 1 amide bonds. The summed E-state index contributed by atoms with van der Waals surface area (Å²) in [6.07, 6.45) is 11.5. The molecule has 5 heteroatoms. The molecular weight excluding hydrogens is 474 g/mol. The van der Waals surface area contributed by atoms with E-state index < -0.39 is 6.10 Å². The molecule has 0 aliphatic heterocycles. The van der Waals surface area contributed by atoms with Crippen LogP contribution in [0.3, 0.4) is 0 Å². The number of hydrogen-bond acceptors (Lipinski definition) is 4. The summed E-state index contributed by atoms with van der Waals surface area (Å²) in [5.41, 5.74) is 1.96. The number of rotatable bonds is 11. The molecule has 2 aromatic rings. The number of fused-ring (bicyclic) bond motifs is 1. The van der Waals surface area contributed by atoms with Crippen molar-refractivity contribution in [3.63, 3.8) is 0 Å². The SMILES string of the molecule is O=C(COCC[C@H]1C[C@H]2C[C@@H](O)[C@H](C(O)=CCC3CCCC3)[C@@H]2C1)N(Cc1ccccc1)c1ccccc1. The average Bonchev–Trinajstić information content (AvgIpc) is 3.66. The molecule has 2 N–H and O–H groups in total. The number of aliphatic hydroxyl groups is 2. The smallest absolute Gasteiger partial charge is 0.253 e. The fraction of sp³-hybridized carbons (Fsp3) is 0.545. The maximum Gasteiger partial charge on any atom is 0.253 e. The third kappa shape index (κ3) is 6.68. The second kappa shape index (κ2) is 12.9. The number of aliphatic hydroxyl groups excluding tert-OH is 2. The Labute approximate surface area is 227 Å². The van der Waals surface area contributed by atoms with Crippen molar-refractivity contribution < 1.29 is 19.7 Å². The molecule has 5 nitrogen and oxygen atoms in total. The van der Waals surface area contributed by atoms with Crippen molar-refractivity contribution in [3.05, 3.63) is 78.1 Å². The standard InChI is InChI=1S/C33H43NO4/c35-30(16-15-24-9-7-8-10-24)33-29-20-26(19-27(29)21-31(33)36)17-18-38-23-32(37)34(28-13-5-2-6-14-28)22-25-11-3-1-4-12-25/h1-6,11-14,16,24,26-27,29,31,33,35-36H,7-10,15,17-23H2/t26-,27-,29+,31+,33-/m0/s1. The summed E-state index contributed by atoms with van der Waals surface area (Å²) in [7, 11) is 0. The predicted octanol–water partition coefficient (Wildman–Crippen LogP) is 6.67. The van der Waals surface area contributed by atoms with E-state index in [2.05, 4.69) is 0 Å². The Hall–Kier alpha value is -2.63. The zero-order valence-corrected chi connectivity index (χ0v) is 22.5. The first-order valence-corrected chi connectivity index (χ1v) is 14.6. The summed E-state index contributed by atoms with van der Waals surface area (Å²) in [6.45, 7) is 1.13. The highest BCUT2D eigenvalue weighted by atomic mass is 16.5. The van der Waals surface area contributed by atoms with Crippen LogP contribution in [0.25, 0.3) is 0 Å². The molecular formula is C33H43NO4. The maximum atomic E-state index is 13.2. The lowest BCUT2D eigenvalue weighted by molar-refractivity contribution is -0.123. The number of carbonyl (C=O) groups is 1. The number of hydrogen-bond donors (Lipinski definition) is 2. The van der Waals surface area contributed by atoms with E-state index in [9.17, 15) is 15.0 Å². The second-order valence-corrected chi connectivity index (χ2v) is 11.7. The first-order valence-electron chi connectivity index (χ1n) is 14.6. The Morgan fingerprint density at radius 3 is 2.39 bits per heavy atom. The van der Waals surface area contributed by atoms with E-state index in [0.29, 0.717) is 42.6 Å². The van der Waals surface area contributed by atoms with Crippen molar-refractivity contribution in [1.82, 2.24) is 0 Å². The van der Waals surface area contributed by atoms with Gasteiger partial charge in [0.2, 0.25) is 0 Å². The molecule has 5 atom stereocenters. The van der Waals surface area contributed by atoms with Gasteiger partial charge >= 0.3 is 0 Å². The summed E-state index contributed by atoms with van der Waals surface area (Å²) in [4.78, 5) is 14.9. The number of para-hydroxylation sites is 1. The largest absolute Gasteiger partial charge is 0.512 e. The molecule has 0 spiro atoms. The molecule has 0 radical (unpaired) electrons. The van der Waals surface area contributed by atoms with Crippen LogP contribution >= 0.6 is 0 Å². The molecule has 3 saturated carbocycles. The molecule has 2 aromatic carbocycles. The summed E-state index contributed by atoms with van der Waals surface area (Å²) in [5.74, 6) is 2.34. The topological polar surface area (TPSA) is 70.0 Å². The first kappa shape index (κ1) is 27.0. The van der Waals surface area contributed by atoms with Gasteiger partial charge in [-0.3, -0.25) is 4.79 Å². The summed E-state index contributed by atoms with van der Waals surface area (Å²) in [6, 6.07) is 19.8. The molecule has 0 aromatic heterocycles. The van der Waals surface area contributed by atoms with E-state index in [1.807, 2.05) is 66.7 Å². The highest BCUT2D eigenvalue weighted by Gasteiger charge is 2.49. The third-order valence-electron chi connectivity index (χ3n) is 9.19. The van der Waals surface area contributed by atoms with E-state index in [1.165, 1.54) is 25.7 Å². The highest BCUT2D eigenvalue weighted by Crippen LogP contribution is 2.52. The van der Waals surface area contributed by atoms with Crippen LogP contribution in [0.4, 0.5) is 5.69 Å². The highest BCUT2D eigenvalue weighted by molar-refractivity contribution is 5.94. The number of allylic oxidation sites excluding steroid dienone is 1. The lowest BCUT2D eigenvalue weighted by Gasteiger charge is -2.23. The molecule has 204 valence electrons. The maximum absolute atomic E-state index is 13.2. The van der Waals surface area contributed by atoms with Crippen LogP contribution in [0.2, 0.25) is 0 Å². The van der Waals surface area contributed by atoms with E-state index in [1.54, 1.807) is 4.90 Å². The van der Waals surface area contributed by atoms with Gasteiger partial charge < -0.3 is 19.8 Å². The van der Waals surface area contributed by atoms with Gasteiger partial charge in [-0.15, -0.1) is 0 Å². The number of nitrogens with zero attached hydrogens (tertiary/aromatic N) is 1. The molecule has 3 aliphatic carbocycles. The summed E-state index contributed by atoms with van der Waals surface area (Å²) in [5, 5.41) is 21.6. The van der Waals surface area contributed by atoms with Crippen LogP contribution in [-0.2, 0) is 16.1 Å². The van der Waals surface area contributed by atoms with Gasteiger partial charge in [0, 0.05) is 18.2 Å². The molecule has 0 heterocycles. The number of amides is 1. The second-order valence-electron chi connectivity index (χ2n) is 11.7. The molecule has 5 rings (SSSR count). The van der Waals surface area contributed by atoms with Gasteiger partial charge in [0.1, 0.15) is 6.61 Å². The summed E-state index contributed by atoms with van der Waals surface area (Å²) >= 11 is 0. The minimum atomic E-state index is -0.423. The van der Waals surface area contributed by atoms with Crippen LogP contribution in [0.15, 0.2) is 72.5 Å². The normalized spacial score (nSPS) is 27.5. The fourth-order valence-electron chi connectivity index (χ4n) is 7.24. The van der Waals surface area contributed by atoms with Crippen LogP contribution in [0.1, 0.15) is 63.4 Å². The van der Waals surface area contributed by atoms with Crippen LogP contribution in [0.5, 0.6) is 0 Å². The van der Waals surface area contributed by atoms with Gasteiger partial charge in [-0.05, 0) is 79.5 Å². The minimum absolute atomic E-state index is 0.0381. The number of ether oxygens (including phenoxy) is 1. The molecule has 3 aliphatic rings. The Balaban J connectivity index is 1.10. The number of anilines is 1. The monoisotopic (exact) mass is 517 g/mol. The lowest BCUT2D eigenvalue weighted by atomic mass is 9.87. The van der Waals surface area contributed by atoms with Crippen molar-refractivity contribution in [2.24, 2.45) is 29.6 Å². The summed E-state index contributed by atoms with van der Waals surface area (Å²) < 4.78 is 5.91.